The molecule has 0 aliphatic rings. The van der Waals surface area contributed by atoms with Crippen molar-refractivity contribution in [1.29, 1.82) is 0 Å². The Morgan fingerprint density at radius 1 is 1.11 bits per heavy atom. The zero-order chi connectivity index (χ0) is 14.1. The van der Waals surface area contributed by atoms with Gasteiger partial charge in [-0.1, -0.05) is 38.5 Å². The standard InChI is InChI=1S/C17H30N2/c1-5-19(17-12-8-7-11-16(17)4)14-10-6-9-13-18-15(2)3/h7-8,11-12,15,18H,5-6,9-10,13-14H2,1-4H3. The number of para-hydroxylation sites is 1. The predicted molar refractivity (Wildman–Crippen MR) is 86.1 cm³/mol. The number of anilines is 1. The molecule has 0 saturated heterocycles. The Labute approximate surface area is 119 Å². The SMILES string of the molecule is CCN(CCCCCNC(C)C)c1ccccc1C. The number of aryl methyl sites for hydroxylation is 1. The summed E-state index contributed by atoms with van der Waals surface area (Å²) in [6, 6.07) is 9.30. The van der Waals surface area contributed by atoms with E-state index in [2.05, 4.69) is 62.2 Å². The van der Waals surface area contributed by atoms with Crippen LogP contribution in [0, 0.1) is 6.92 Å². The molecule has 2 nitrogen and oxygen atoms in total. The first-order valence-electron chi connectivity index (χ1n) is 7.69. The van der Waals surface area contributed by atoms with Gasteiger partial charge in [0.25, 0.3) is 0 Å². The molecule has 108 valence electrons. The van der Waals surface area contributed by atoms with E-state index < -0.39 is 0 Å². The van der Waals surface area contributed by atoms with E-state index >= 15 is 0 Å². The van der Waals surface area contributed by atoms with Gasteiger partial charge in [0.15, 0.2) is 0 Å². The molecule has 0 saturated carbocycles. The van der Waals surface area contributed by atoms with Crippen molar-refractivity contribution in [3.63, 3.8) is 0 Å². The molecule has 1 aromatic rings. The topological polar surface area (TPSA) is 15.3 Å². The molecule has 19 heavy (non-hydrogen) atoms. The van der Waals surface area contributed by atoms with Gasteiger partial charge in [0.1, 0.15) is 0 Å². The van der Waals surface area contributed by atoms with Gasteiger partial charge in [0, 0.05) is 24.8 Å². The van der Waals surface area contributed by atoms with E-state index in [-0.39, 0.29) is 0 Å². The van der Waals surface area contributed by atoms with Gasteiger partial charge in [0.2, 0.25) is 0 Å². The first-order chi connectivity index (χ1) is 9.15. The third kappa shape index (κ3) is 6.11. The van der Waals surface area contributed by atoms with Crippen molar-refractivity contribution in [3.8, 4) is 0 Å². The fraction of sp³-hybridized carbons (Fsp3) is 0.647. The van der Waals surface area contributed by atoms with Crippen LogP contribution in [0.1, 0.15) is 45.6 Å². The van der Waals surface area contributed by atoms with Gasteiger partial charge in [-0.2, -0.15) is 0 Å². The maximum absolute atomic E-state index is 3.47. The second-order valence-corrected chi connectivity index (χ2v) is 5.54. The van der Waals surface area contributed by atoms with E-state index in [4.69, 9.17) is 0 Å². The van der Waals surface area contributed by atoms with Crippen molar-refractivity contribution < 1.29 is 0 Å². The van der Waals surface area contributed by atoms with E-state index in [1.165, 1.54) is 37.1 Å². The average Bonchev–Trinajstić information content (AvgIpc) is 2.39. The van der Waals surface area contributed by atoms with Crippen LogP contribution in [-0.2, 0) is 0 Å². The molecule has 0 aliphatic heterocycles. The van der Waals surface area contributed by atoms with E-state index in [0.717, 1.165) is 13.1 Å². The zero-order valence-electron chi connectivity index (χ0n) is 13.1. The smallest absolute Gasteiger partial charge is 0.0395 e. The minimum atomic E-state index is 0.610. The summed E-state index contributed by atoms with van der Waals surface area (Å²) in [5.74, 6) is 0. The monoisotopic (exact) mass is 262 g/mol. The van der Waals surface area contributed by atoms with Gasteiger partial charge in [0.05, 0.1) is 0 Å². The zero-order valence-corrected chi connectivity index (χ0v) is 13.1. The van der Waals surface area contributed by atoms with Crippen LogP contribution in [-0.4, -0.2) is 25.7 Å². The largest absolute Gasteiger partial charge is 0.372 e. The normalized spacial score (nSPS) is 11.0. The lowest BCUT2D eigenvalue weighted by Gasteiger charge is -2.25. The molecule has 1 N–H and O–H groups in total. The second-order valence-electron chi connectivity index (χ2n) is 5.54. The average molecular weight is 262 g/mol. The van der Waals surface area contributed by atoms with Crippen LogP contribution in [0.25, 0.3) is 0 Å². The summed E-state index contributed by atoms with van der Waals surface area (Å²) in [6.45, 7) is 12.3. The molecule has 0 spiro atoms. The fourth-order valence-corrected chi connectivity index (χ4v) is 2.36. The highest BCUT2D eigenvalue weighted by atomic mass is 15.1. The Hall–Kier alpha value is -1.02. The minimum absolute atomic E-state index is 0.610. The molecule has 2 heteroatoms. The molecule has 0 aliphatic carbocycles. The Kier molecular flexibility index (Phi) is 7.57. The number of unbranched alkanes of at least 4 members (excludes halogenated alkanes) is 2. The van der Waals surface area contributed by atoms with Crippen molar-refractivity contribution in [1.82, 2.24) is 5.32 Å². The maximum Gasteiger partial charge on any atom is 0.0395 e. The minimum Gasteiger partial charge on any atom is -0.372 e. The highest BCUT2D eigenvalue weighted by Gasteiger charge is 2.05. The molecule has 0 bridgehead atoms. The number of nitrogens with one attached hydrogen (secondary N) is 1. The Bertz CT molecular complexity index is 347. The lowest BCUT2D eigenvalue weighted by Crippen LogP contribution is -2.26. The summed E-state index contributed by atoms with van der Waals surface area (Å²) < 4.78 is 0. The van der Waals surface area contributed by atoms with Gasteiger partial charge in [-0.3, -0.25) is 0 Å². The summed E-state index contributed by atoms with van der Waals surface area (Å²) in [5.41, 5.74) is 2.77. The lowest BCUT2D eigenvalue weighted by molar-refractivity contribution is 0.547. The summed E-state index contributed by atoms with van der Waals surface area (Å²) >= 11 is 0. The van der Waals surface area contributed by atoms with Gasteiger partial charge >= 0.3 is 0 Å². The molecule has 0 unspecified atom stereocenters. The summed E-state index contributed by atoms with van der Waals surface area (Å²) in [6.07, 6.45) is 3.87. The first-order valence-corrected chi connectivity index (χ1v) is 7.69. The lowest BCUT2D eigenvalue weighted by atomic mass is 10.1. The van der Waals surface area contributed by atoms with Crippen molar-refractivity contribution in [2.24, 2.45) is 0 Å². The molecular formula is C17H30N2. The molecule has 0 aromatic heterocycles. The van der Waals surface area contributed by atoms with Crippen molar-refractivity contribution in [2.75, 3.05) is 24.5 Å². The van der Waals surface area contributed by atoms with Gasteiger partial charge in [-0.25, -0.2) is 0 Å². The molecule has 0 atom stereocenters. The van der Waals surface area contributed by atoms with Gasteiger partial charge in [-0.05, 0) is 44.9 Å². The molecule has 1 aromatic carbocycles. The molecule has 0 fully saturated rings. The second kappa shape index (κ2) is 8.98. The van der Waals surface area contributed by atoms with Crippen LogP contribution in [0.5, 0.6) is 0 Å². The third-order valence-corrected chi connectivity index (χ3v) is 3.50. The number of hydrogen-bond donors (Lipinski definition) is 1. The van der Waals surface area contributed by atoms with Crippen LogP contribution in [0.15, 0.2) is 24.3 Å². The van der Waals surface area contributed by atoms with Crippen LogP contribution < -0.4 is 10.2 Å². The van der Waals surface area contributed by atoms with Crippen LogP contribution in [0.3, 0.4) is 0 Å². The molecule has 0 heterocycles. The quantitative estimate of drug-likeness (QED) is 0.677. The van der Waals surface area contributed by atoms with E-state index in [9.17, 15) is 0 Å². The predicted octanol–water partition coefficient (Wildman–Crippen LogP) is 3.99. The summed E-state index contributed by atoms with van der Waals surface area (Å²) in [4.78, 5) is 2.49. The highest BCUT2D eigenvalue weighted by Crippen LogP contribution is 2.19. The highest BCUT2D eigenvalue weighted by molar-refractivity contribution is 5.52. The van der Waals surface area contributed by atoms with Crippen molar-refractivity contribution in [3.05, 3.63) is 29.8 Å². The summed E-state index contributed by atoms with van der Waals surface area (Å²) in [7, 11) is 0. The summed E-state index contributed by atoms with van der Waals surface area (Å²) in [5, 5.41) is 3.47. The Morgan fingerprint density at radius 2 is 1.84 bits per heavy atom. The number of rotatable bonds is 9. The third-order valence-electron chi connectivity index (χ3n) is 3.50. The number of nitrogens with zero attached hydrogens (tertiary/aromatic N) is 1. The Morgan fingerprint density at radius 3 is 2.47 bits per heavy atom. The van der Waals surface area contributed by atoms with Crippen LogP contribution in [0.2, 0.25) is 0 Å². The fourth-order valence-electron chi connectivity index (χ4n) is 2.36. The number of benzene rings is 1. The van der Waals surface area contributed by atoms with Crippen LogP contribution in [0.4, 0.5) is 5.69 Å². The molecule has 0 radical (unpaired) electrons. The maximum atomic E-state index is 3.47. The molecule has 0 amide bonds. The van der Waals surface area contributed by atoms with Crippen molar-refractivity contribution >= 4 is 5.69 Å². The van der Waals surface area contributed by atoms with E-state index in [0.29, 0.717) is 6.04 Å². The Balaban J connectivity index is 2.28. The molecule has 1 rings (SSSR count). The van der Waals surface area contributed by atoms with Crippen molar-refractivity contribution in [2.45, 2.75) is 53.0 Å². The van der Waals surface area contributed by atoms with Crippen LogP contribution >= 0.6 is 0 Å². The first kappa shape index (κ1) is 16.0. The van der Waals surface area contributed by atoms with Gasteiger partial charge in [-0.15, -0.1) is 0 Å². The van der Waals surface area contributed by atoms with E-state index in [1.54, 1.807) is 0 Å². The van der Waals surface area contributed by atoms with Gasteiger partial charge < -0.3 is 10.2 Å². The number of hydrogen-bond acceptors (Lipinski definition) is 2. The molecular weight excluding hydrogens is 232 g/mol. The van der Waals surface area contributed by atoms with E-state index in [1.807, 2.05) is 0 Å².